The van der Waals surface area contributed by atoms with Gasteiger partial charge in [0.15, 0.2) is 0 Å². The third-order valence-electron chi connectivity index (χ3n) is 4.55. The molecule has 140 valence electrons. The van der Waals surface area contributed by atoms with Crippen LogP contribution in [0.2, 0.25) is 5.02 Å². The van der Waals surface area contributed by atoms with Gasteiger partial charge in [0, 0.05) is 24.0 Å². The summed E-state index contributed by atoms with van der Waals surface area (Å²) in [6.45, 7) is 3.86. The van der Waals surface area contributed by atoms with Gasteiger partial charge >= 0.3 is 0 Å². The zero-order valence-corrected chi connectivity index (χ0v) is 16.0. The number of halogens is 1. The number of nitrogens with zero attached hydrogens (tertiary/aromatic N) is 1. The SMILES string of the molecule is Cc1ccc2c(c1)C(=O)N(CCC(=O)NC(C)Cc1ccc(Cl)cc1)C2=O. The Bertz CT molecular complexity index is 893. The highest BCUT2D eigenvalue weighted by Gasteiger charge is 2.35. The van der Waals surface area contributed by atoms with Crippen LogP contribution in [0.4, 0.5) is 0 Å². The highest BCUT2D eigenvalue weighted by Crippen LogP contribution is 2.24. The van der Waals surface area contributed by atoms with E-state index in [9.17, 15) is 14.4 Å². The molecule has 2 aromatic rings. The first-order valence-corrected chi connectivity index (χ1v) is 9.23. The lowest BCUT2D eigenvalue weighted by molar-refractivity contribution is -0.121. The van der Waals surface area contributed by atoms with E-state index in [-0.39, 0.29) is 36.7 Å². The van der Waals surface area contributed by atoms with Gasteiger partial charge in [0.25, 0.3) is 11.8 Å². The molecule has 1 atom stereocenters. The first-order valence-electron chi connectivity index (χ1n) is 8.86. The highest BCUT2D eigenvalue weighted by atomic mass is 35.5. The Morgan fingerprint density at radius 2 is 1.74 bits per heavy atom. The zero-order chi connectivity index (χ0) is 19.6. The van der Waals surface area contributed by atoms with E-state index < -0.39 is 0 Å². The molecule has 3 amide bonds. The average molecular weight is 385 g/mol. The zero-order valence-electron chi connectivity index (χ0n) is 15.3. The van der Waals surface area contributed by atoms with Crippen molar-refractivity contribution in [3.8, 4) is 0 Å². The molecule has 2 aromatic carbocycles. The largest absolute Gasteiger partial charge is 0.353 e. The van der Waals surface area contributed by atoms with Crippen molar-refractivity contribution in [2.24, 2.45) is 0 Å². The summed E-state index contributed by atoms with van der Waals surface area (Å²) in [6.07, 6.45) is 0.755. The van der Waals surface area contributed by atoms with E-state index >= 15 is 0 Å². The first kappa shape index (κ1) is 19.1. The molecule has 0 saturated heterocycles. The Morgan fingerprint density at radius 3 is 2.44 bits per heavy atom. The highest BCUT2D eigenvalue weighted by molar-refractivity contribution is 6.30. The smallest absolute Gasteiger partial charge is 0.261 e. The van der Waals surface area contributed by atoms with Crippen molar-refractivity contribution in [3.63, 3.8) is 0 Å². The molecule has 0 bridgehead atoms. The Morgan fingerprint density at radius 1 is 1.07 bits per heavy atom. The fourth-order valence-corrected chi connectivity index (χ4v) is 3.32. The van der Waals surface area contributed by atoms with Crippen LogP contribution in [-0.2, 0) is 11.2 Å². The topological polar surface area (TPSA) is 66.5 Å². The van der Waals surface area contributed by atoms with E-state index in [1.54, 1.807) is 18.2 Å². The fourth-order valence-electron chi connectivity index (χ4n) is 3.19. The molecule has 1 aliphatic rings. The number of benzene rings is 2. The van der Waals surface area contributed by atoms with E-state index in [1.165, 1.54) is 0 Å². The number of aryl methyl sites for hydroxylation is 1. The molecule has 1 N–H and O–H groups in total. The van der Waals surface area contributed by atoms with Gasteiger partial charge in [0.2, 0.25) is 5.91 Å². The van der Waals surface area contributed by atoms with Gasteiger partial charge in [-0.2, -0.15) is 0 Å². The number of hydrogen-bond donors (Lipinski definition) is 1. The Balaban J connectivity index is 1.53. The van der Waals surface area contributed by atoms with E-state index in [0.29, 0.717) is 22.6 Å². The molecule has 0 radical (unpaired) electrons. The number of imide groups is 1. The molecular formula is C21H21ClN2O3. The number of nitrogens with one attached hydrogen (secondary N) is 1. The predicted octanol–water partition coefficient (Wildman–Crippen LogP) is 3.38. The summed E-state index contributed by atoms with van der Waals surface area (Å²) in [6, 6.07) is 12.6. The monoisotopic (exact) mass is 384 g/mol. The summed E-state index contributed by atoms with van der Waals surface area (Å²) < 4.78 is 0. The van der Waals surface area contributed by atoms with Gasteiger partial charge in [-0.05, 0) is 50.1 Å². The van der Waals surface area contributed by atoms with Crippen LogP contribution in [0.1, 0.15) is 45.2 Å². The van der Waals surface area contributed by atoms with Crippen LogP contribution in [0.15, 0.2) is 42.5 Å². The Hall–Kier alpha value is -2.66. The van der Waals surface area contributed by atoms with Gasteiger partial charge in [0.05, 0.1) is 11.1 Å². The second-order valence-electron chi connectivity index (χ2n) is 6.86. The van der Waals surface area contributed by atoms with Crippen molar-refractivity contribution in [3.05, 3.63) is 69.7 Å². The number of carbonyl (C=O) groups excluding carboxylic acids is 3. The summed E-state index contributed by atoms with van der Waals surface area (Å²) in [4.78, 5) is 38.2. The van der Waals surface area contributed by atoms with Crippen LogP contribution in [0, 0.1) is 6.92 Å². The molecule has 0 aliphatic carbocycles. The first-order chi connectivity index (χ1) is 12.8. The Labute approximate surface area is 163 Å². The van der Waals surface area contributed by atoms with Crippen molar-refractivity contribution in [2.75, 3.05) is 6.54 Å². The quantitative estimate of drug-likeness (QED) is 0.776. The van der Waals surface area contributed by atoms with E-state index in [1.807, 2.05) is 38.1 Å². The van der Waals surface area contributed by atoms with Crippen LogP contribution in [0.5, 0.6) is 0 Å². The molecule has 1 unspecified atom stereocenters. The van der Waals surface area contributed by atoms with Gasteiger partial charge in [-0.25, -0.2) is 0 Å². The van der Waals surface area contributed by atoms with Gasteiger partial charge in [-0.15, -0.1) is 0 Å². The minimum absolute atomic E-state index is 0.0662. The number of carbonyl (C=O) groups is 3. The predicted molar refractivity (Wildman–Crippen MR) is 104 cm³/mol. The maximum absolute atomic E-state index is 12.4. The van der Waals surface area contributed by atoms with Crippen LogP contribution >= 0.6 is 11.6 Å². The fraction of sp³-hybridized carbons (Fsp3) is 0.286. The molecule has 3 rings (SSSR count). The molecule has 0 aromatic heterocycles. The summed E-state index contributed by atoms with van der Waals surface area (Å²) in [5.41, 5.74) is 2.81. The van der Waals surface area contributed by atoms with Crippen molar-refractivity contribution in [1.82, 2.24) is 10.2 Å². The second-order valence-corrected chi connectivity index (χ2v) is 7.30. The third-order valence-corrected chi connectivity index (χ3v) is 4.80. The summed E-state index contributed by atoms with van der Waals surface area (Å²) in [7, 11) is 0. The molecule has 27 heavy (non-hydrogen) atoms. The van der Waals surface area contributed by atoms with E-state index in [4.69, 9.17) is 11.6 Å². The minimum atomic E-state index is -0.336. The molecule has 6 heteroatoms. The van der Waals surface area contributed by atoms with Crippen LogP contribution < -0.4 is 5.32 Å². The van der Waals surface area contributed by atoms with Crippen LogP contribution in [0.3, 0.4) is 0 Å². The average Bonchev–Trinajstić information content (AvgIpc) is 2.85. The lowest BCUT2D eigenvalue weighted by atomic mass is 10.1. The van der Waals surface area contributed by atoms with E-state index in [2.05, 4.69) is 5.32 Å². The third kappa shape index (κ3) is 4.37. The van der Waals surface area contributed by atoms with Crippen LogP contribution in [0.25, 0.3) is 0 Å². The van der Waals surface area contributed by atoms with Gasteiger partial charge in [-0.3, -0.25) is 19.3 Å². The minimum Gasteiger partial charge on any atom is -0.353 e. The van der Waals surface area contributed by atoms with Gasteiger partial charge < -0.3 is 5.32 Å². The van der Waals surface area contributed by atoms with Gasteiger partial charge in [-0.1, -0.05) is 35.4 Å². The lowest BCUT2D eigenvalue weighted by Crippen LogP contribution is -2.38. The maximum atomic E-state index is 12.4. The molecule has 0 spiro atoms. The van der Waals surface area contributed by atoms with Crippen molar-refractivity contribution < 1.29 is 14.4 Å². The van der Waals surface area contributed by atoms with E-state index in [0.717, 1.165) is 16.0 Å². The van der Waals surface area contributed by atoms with Gasteiger partial charge in [0.1, 0.15) is 0 Å². The molecule has 1 heterocycles. The van der Waals surface area contributed by atoms with Crippen molar-refractivity contribution >= 4 is 29.3 Å². The lowest BCUT2D eigenvalue weighted by Gasteiger charge is -2.16. The van der Waals surface area contributed by atoms with Crippen LogP contribution in [-0.4, -0.2) is 35.2 Å². The normalized spacial score (nSPS) is 14.3. The Kier molecular flexibility index (Phi) is 5.61. The van der Waals surface area contributed by atoms with Crippen molar-refractivity contribution in [2.45, 2.75) is 32.7 Å². The standard InChI is InChI=1S/C21H21ClN2O3/c1-13-3-8-17-18(11-13)21(27)24(20(17)26)10-9-19(25)23-14(2)12-15-4-6-16(22)7-5-15/h3-8,11,14H,9-10,12H2,1-2H3,(H,23,25). The molecular weight excluding hydrogens is 364 g/mol. The van der Waals surface area contributed by atoms with Crippen molar-refractivity contribution in [1.29, 1.82) is 0 Å². The number of rotatable bonds is 6. The summed E-state index contributed by atoms with van der Waals surface area (Å²) in [5, 5.41) is 3.58. The summed E-state index contributed by atoms with van der Waals surface area (Å²) in [5.74, 6) is -0.859. The number of amides is 3. The number of fused-ring (bicyclic) bond motifs is 1. The summed E-state index contributed by atoms with van der Waals surface area (Å²) >= 11 is 5.87. The number of hydrogen-bond acceptors (Lipinski definition) is 3. The molecule has 5 nitrogen and oxygen atoms in total. The molecule has 0 fully saturated rings. The second kappa shape index (κ2) is 7.92. The molecule has 0 saturated carbocycles. The molecule has 1 aliphatic heterocycles. The maximum Gasteiger partial charge on any atom is 0.261 e.